The molecular formula is C24H30O7. The molecule has 0 saturated heterocycles. The number of rotatable bonds is 3. The molecule has 1 aromatic rings. The molecule has 1 aromatic carbocycles. The standard InChI is InChI=1S/C24H30O7/c1-13(25)29-17-6-8-18-16(11-17)5-7-20-19-9-10-21(30-14(2)26)23(19,4)12-22(24(18,20)28)31-15(3)27/h6,8,11,19-22,28H,5,7,9-10,12H2,1-4H3/t19-,20-,21-,22+,23-,24+/m0/s1. The number of aryl methyl sites for hydroxylation is 1. The summed E-state index contributed by atoms with van der Waals surface area (Å²) in [6.45, 7) is 6.20. The summed E-state index contributed by atoms with van der Waals surface area (Å²) in [6, 6.07) is 5.26. The molecule has 2 fully saturated rings. The average molecular weight is 430 g/mol. The molecule has 3 aliphatic carbocycles. The van der Waals surface area contributed by atoms with Gasteiger partial charge in [-0.15, -0.1) is 0 Å². The molecule has 0 spiro atoms. The number of hydrogen-bond donors (Lipinski definition) is 1. The van der Waals surface area contributed by atoms with Gasteiger partial charge in [-0.1, -0.05) is 13.0 Å². The van der Waals surface area contributed by atoms with Gasteiger partial charge < -0.3 is 19.3 Å². The Labute approximate surface area is 182 Å². The molecule has 1 N–H and O–H groups in total. The van der Waals surface area contributed by atoms with E-state index in [2.05, 4.69) is 6.92 Å². The van der Waals surface area contributed by atoms with E-state index in [1.807, 2.05) is 0 Å². The van der Waals surface area contributed by atoms with Gasteiger partial charge in [-0.2, -0.15) is 0 Å². The molecule has 168 valence electrons. The fraction of sp³-hybridized carbons (Fsp3) is 0.625. The van der Waals surface area contributed by atoms with Gasteiger partial charge in [0.15, 0.2) is 0 Å². The van der Waals surface area contributed by atoms with Crippen LogP contribution in [0.4, 0.5) is 0 Å². The molecule has 0 radical (unpaired) electrons. The van der Waals surface area contributed by atoms with Gasteiger partial charge in [0.05, 0.1) is 0 Å². The largest absolute Gasteiger partial charge is 0.462 e. The number of carbonyl (C=O) groups is 3. The van der Waals surface area contributed by atoms with Crippen LogP contribution in [0.25, 0.3) is 0 Å². The summed E-state index contributed by atoms with van der Waals surface area (Å²) in [6.07, 6.45) is 2.39. The third kappa shape index (κ3) is 3.53. The lowest BCUT2D eigenvalue weighted by molar-refractivity contribution is -0.225. The second-order valence-electron chi connectivity index (χ2n) is 9.47. The average Bonchev–Trinajstić information content (AvgIpc) is 2.96. The van der Waals surface area contributed by atoms with E-state index in [9.17, 15) is 19.5 Å². The van der Waals surface area contributed by atoms with Gasteiger partial charge in [-0.25, -0.2) is 0 Å². The molecule has 0 aromatic heterocycles. The maximum atomic E-state index is 12.2. The van der Waals surface area contributed by atoms with Crippen molar-refractivity contribution in [3.05, 3.63) is 29.3 Å². The third-order valence-electron chi connectivity index (χ3n) is 7.60. The number of esters is 3. The molecule has 6 atom stereocenters. The smallest absolute Gasteiger partial charge is 0.308 e. The van der Waals surface area contributed by atoms with Crippen LogP contribution in [0.2, 0.25) is 0 Å². The Morgan fingerprint density at radius 2 is 1.61 bits per heavy atom. The van der Waals surface area contributed by atoms with Crippen LogP contribution in [0.15, 0.2) is 18.2 Å². The van der Waals surface area contributed by atoms with Crippen LogP contribution >= 0.6 is 0 Å². The first kappa shape index (κ1) is 21.8. The highest BCUT2D eigenvalue weighted by atomic mass is 16.6. The maximum absolute atomic E-state index is 12.2. The van der Waals surface area contributed by atoms with Crippen LogP contribution in [0, 0.1) is 17.3 Å². The lowest BCUT2D eigenvalue weighted by atomic mass is 9.52. The number of carbonyl (C=O) groups excluding carboxylic acids is 3. The number of aliphatic hydroxyl groups is 1. The van der Waals surface area contributed by atoms with E-state index in [4.69, 9.17) is 14.2 Å². The van der Waals surface area contributed by atoms with Crippen molar-refractivity contribution in [1.29, 1.82) is 0 Å². The van der Waals surface area contributed by atoms with Crippen molar-refractivity contribution in [2.75, 3.05) is 0 Å². The van der Waals surface area contributed by atoms with E-state index < -0.39 is 23.6 Å². The summed E-state index contributed by atoms with van der Waals surface area (Å²) in [4.78, 5) is 35.0. The number of benzene rings is 1. The third-order valence-corrected chi connectivity index (χ3v) is 7.60. The zero-order valence-corrected chi connectivity index (χ0v) is 18.5. The fourth-order valence-electron chi connectivity index (χ4n) is 6.50. The second-order valence-corrected chi connectivity index (χ2v) is 9.47. The van der Waals surface area contributed by atoms with E-state index in [1.165, 1.54) is 20.8 Å². The molecule has 31 heavy (non-hydrogen) atoms. The highest BCUT2D eigenvalue weighted by Crippen LogP contribution is 2.63. The molecule has 7 heteroatoms. The Bertz CT molecular complexity index is 925. The maximum Gasteiger partial charge on any atom is 0.308 e. The zero-order valence-electron chi connectivity index (χ0n) is 18.5. The van der Waals surface area contributed by atoms with Gasteiger partial charge in [-0.05, 0) is 67.2 Å². The van der Waals surface area contributed by atoms with Crippen LogP contribution in [0.1, 0.15) is 64.5 Å². The summed E-state index contributed by atoms with van der Waals surface area (Å²) >= 11 is 0. The van der Waals surface area contributed by atoms with Crippen molar-refractivity contribution < 1.29 is 33.7 Å². The van der Waals surface area contributed by atoms with Gasteiger partial charge in [0, 0.05) is 26.2 Å². The van der Waals surface area contributed by atoms with Crippen molar-refractivity contribution in [3.8, 4) is 5.75 Å². The van der Waals surface area contributed by atoms with Gasteiger partial charge in [0.1, 0.15) is 23.6 Å². The first-order chi connectivity index (χ1) is 14.6. The molecule has 3 aliphatic rings. The summed E-state index contributed by atoms with van der Waals surface area (Å²) in [5, 5.41) is 12.2. The monoisotopic (exact) mass is 430 g/mol. The minimum Gasteiger partial charge on any atom is -0.462 e. The fourth-order valence-corrected chi connectivity index (χ4v) is 6.50. The minimum absolute atomic E-state index is 0.134. The van der Waals surface area contributed by atoms with Crippen LogP contribution < -0.4 is 4.74 Å². The van der Waals surface area contributed by atoms with Crippen LogP contribution in [-0.4, -0.2) is 35.2 Å². The minimum atomic E-state index is -1.34. The number of ether oxygens (including phenoxy) is 3. The van der Waals surface area contributed by atoms with Crippen LogP contribution in [-0.2, 0) is 35.9 Å². The zero-order chi connectivity index (χ0) is 22.6. The second kappa shape index (κ2) is 7.62. The predicted molar refractivity (Wildman–Crippen MR) is 110 cm³/mol. The molecule has 0 bridgehead atoms. The van der Waals surface area contributed by atoms with Crippen molar-refractivity contribution in [2.24, 2.45) is 17.3 Å². The lowest BCUT2D eigenvalue weighted by Crippen LogP contribution is -2.61. The van der Waals surface area contributed by atoms with Crippen LogP contribution in [0.5, 0.6) is 5.75 Å². The molecule has 4 rings (SSSR count). The van der Waals surface area contributed by atoms with Crippen molar-refractivity contribution >= 4 is 17.9 Å². The molecule has 2 saturated carbocycles. The van der Waals surface area contributed by atoms with Crippen molar-refractivity contribution in [2.45, 2.75) is 77.6 Å². The summed E-state index contributed by atoms with van der Waals surface area (Å²) in [5.41, 5.74) is -0.0991. The topological polar surface area (TPSA) is 99.1 Å². The van der Waals surface area contributed by atoms with Crippen molar-refractivity contribution in [3.63, 3.8) is 0 Å². The molecule has 0 aliphatic heterocycles. The number of fused-ring (bicyclic) bond motifs is 5. The first-order valence-corrected chi connectivity index (χ1v) is 10.9. The molecule has 0 heterocycles. The van der Waals surface area contributed by atoms with E-state index in [0.717, 1.165) is 30.4 Å². The first-order valence-electron chi connectivity index (χ1n) is 10.9. The summed E-state index contributed by atoms with van der Waals surface area (Å²) < 4.78 is 16.6. The molecular weight excluding hydrogens is 400 g/mol. The normalized spacial score (nSPS) is 35.9. The quantitative estimate of drug-likeness (QED) is 0.581. The number of hydrogen-bond acceptors (Lipinski definition) is 7. The molecule has 0 unspecified atom stereocenters. The highest BCUT2D eigenvalue weighted by Gasteiger charge is 2.65. The highest BCUT2D eigenvalue weighted by molar-refractivity contribution is 5.69. The van der Waals surface area contributed by atoms with E-state index in [-0.39, 0.29) is 29.3 Å². The Balaban J connectivity index is 1.77. The Morgan fingerprint density at radius 3 is 2.26 bits per heavy atom. The van der Waals surface area contributed by atoms with Crippen molar-refractivity contribution in [1.82, 2.24) is 0 Å². The summed E-state index contributed by atoms with van der Waals surface area (Å²) in [7, 11) is 0. The Morgan fingerprint density at radius 1 is 0.935 bits per heavy atom. The summed E-state index contributed by atoms with van der Waals surface area (Å²) in [5.74, 6) is -0.735. The SMILES string of the molecule is CC(=O)Oc1ccc2c(c1)CC[C@H]1[C@@H]3CC[C@H](OC(C)=O)[C@@]3(C)C[C@@H](OC(C)=O)[C@@]21O. The molecule has 7 nitrogen and oxygen atoms in total. The van der Waals surface area contributed by atoms with Gasteiger partial charge in [-0.3, -0.25) is 14.4 Å². The van der Waals surface area contributed by atoms with E-state index in [0.29, 0.717) is 18.6 Å². The van der Waals surface area contributed by atoms with Gasteiger partial charge in [0.2, 0.25) is 0 Å². The van der Waals surface area contributed by atoms with E-state index >= 15 is 0 Å². The Hall–Kier alpha value is -2.41. The van der Waals surface area contributed by atoms with E-state index in [1.54, 1.807) is 18.2 Å². The Kier molecular flexibility index (Phi) is 5.36. The van der Waals surface area contributed by atoms with Gasteiger partial charge >= 0.3 is 17.9 Å². The predicted octanol–water partition coefficient (Wildman–Crippen LogP) is 3.05. The lowest BCUT2D eigenvalue weighted by Gasteiger charge is -2.57. The van der Waals surface area contributed by atoms with Crippen LogP contribution in [0.3, 0.4) is 0 Å². The molecule has 0 amide bonds. The van der Waals surface area contributed by atoms with Gasteiger partial charge in [0.25, 0.3) is 0 Å².